The average molecular weight is 427 g/mol. The first kappa shape index (κ1) is 20.4. The number of nitrogens with one attached hydrogen (secondary N) is 2. The number of rotatable bonds is 5. The van der Waals surface area contributed by atoms with Crippen molar-refractivity contribution in [1.29, 1.82) is 0 Å². The van der Waals surface area contributed by atoms with E-state index in [4.69, 9.17) is 11.6 Å². The maximum Gasteiger partial charge on any atom is 0.272 e. The van der Waals surface area contributed by atoms with Gasteiger partial charge in [-0.05, 0) is 58.8 Å². The Morgan fingerprint density at radius 2 is 1.42 bits per heavy atom. The van der Waals surface area contributed by atoms with Crippen LogP contribution in [-0.4, -0.2) is 11.8 Å². The molecule has 0 heterocycles. The summed E-state index contributed by atoms with van der Waals surface area (Å²) in [4.78, 5) is 25.8. The van der Waals surface area contributed by atoms with Gasteiger partial charge in [-0.25, -0.2) is 0 Å². The zero-order valence-corrected chi connectivity index (χ0v) is 17.3. The summed E-state index contributed by atoms with van der Waals surface area (Å²) in [6.45, 7) is 0. The number of carbonyl (C=O) groups excluding carboxylic acids is 2. The van der Waals surface area contributed by atoms with Crippen LogP contribution in [0.25, 0.3) is 16.8 Å². The summed E-state index contributed by atoms with van der Waals surface area (Å²) in [5.41, 5.74) is 2.01. The fraction of sp³-hybridized carbons (Fsp3) is 0. The van der Waals surface area contributed by atoms with E-state index in [9.17, 15) is 9.59 Å². The van der Waals surface area contributed by atoms with Crippen molar-refractivity contribution in [3.63, 3.8) is 0 Å². The molecule has 4 aromatic carbocycles. The highest BCUT2D eigenvalue weighted by Gasteiger charge is 2.15. The van der Waals surface area contributed by atoms with Crippen molar-refractivity contribution in [2.75, 3.05) is 5.32 Å². The average Bonchev–Trinajstić information content (AvgIpc) is 2.81. The third kappa shape index (κ3) is 5.00. The minimum atomic E-state index is -0.431. The van der Waals surface area contributed by atoms with E-state index in [0.717, 1.165) is 16.3 Å². The Balaban J connectivity index is 1.70. The van der Waals surface area contributed by atoms with Gasteiger partial charge in [0.15, 0.2) is 0 Å². The van der Waals surface area contributed by atoms with Crippen molar-refractivity contribution < 1.29 is 9.59 Å². The van der Waals surface area contributed by atoms with Gasteiger partial charge in [0.2, 0.25) is 0 Å². The molecule has 0 fully saturated rings. The lowest BCUT2D eigenvalue weighted by Gasteiger charge is -2.12. The minimum Gasteiger partial charge on any atom is -0.321 e. The second-order valence-electron chi connectivity index (χ2n) is 6.91. The van der Waals surface area contributed by atoms with Crippen molar-refractivity contribution in [1.82, 2.24) is 5.32 Å². The summed E-state index contributed by atoms with van der Waals surface area (Å²) in [6.07, 6.45) is 1.69. The molecule has 0 spiro atoms. The van der Waals surface area contributed by atoms with Crippen LogP contribution in [-0.2, 0) is 4.79 Å². The van der Waals surface area contributed by atoms with E-state index < -0.39 is 5.91 Å². The Hall–Kier alpha value is -3.89. The predicted octanol–water partition coefficient (Wildman–Crippen LogP) is 5.90. The molecular formula is C26H19ClN2O2. The summed E-state index contributed by atoms with van der Waals surface area (Å²) in [7, 11) is 0. The van der Waals surface area contributed by atoms with Gasteiger partial charge in [-0.2, -0.15) is 0 Å². The number of anilines is 1. The fourth-order valence-corrected chi connectivity index (χ4v) is 3.33. The lowest BCUT2D eigenvalue weighted by Crippen LogP contribution is -2.30. The smallest absolute Gasteiger partial charge is 0.272 e. The second kappa shape index (κ2) is 9.28. The molecule has 5 heteroatoms. The van der Waals surface area contributed by atoms with E-state index >= 15 is 0 Å². The molecule has 0 radical (unpaired) electrons. The van der Waals surface area contributed by atoms with Crippen molar-refractivity contribution in [3.8, 4) is 0 Å². The van der Waals surface area contributed by atoms with Crippen molar-refractivity contribution >= 4 is 46.0 Å². The number of amides is 2. The molecule has 0 aliphatic carbocycles. The first-order chi connectivity index (χ1) is 15.1. The molecule has 152 valence electrons. The molecule has 4 rings (SSSR count). The molecule has 0 aliphatic heterocycles. The summed E-state index contributed by atoms with van der Waals surface area (Å²) in [5, 5.41) is 8.17. The van der Waals surface area contributed by atoms with Crippen LogP contribution in [0.1, 0.15) is 15.9 Å². The van der Waals surface area contributed by atoms with Crippen LogP contribution in [0.15, 0.2) is 103 Å². The van der Waals surface area contributed by atoms with E-state index in [-0.39, 0.29) is 11.6 Å². The molecule has 4 aromatic rings. The van der Waals surface area contributed by atoms with Crippen LogP contribution in [0.5, 0.6) is 0 Å². The second-order valence-corrected chi connectivity index (χ2v) is 7.34. The number of fused-ring (bicyclic) bond motifs is 1. The molecule has 0 aliphatic rings. The molecule has 0 bridgehead atoms. The summed E-state index contributed by atoms with van der Waals surface area (Å²) in [5.74, 6) is -0.794. The van der Waals surface area contributed by atoms with Gasteiger partial charge in [-0.1, -0.05) is 72.3 Å². The van der Waals surface area contributed by atoms with Crippen molar-refractivity contribution in [2.45, 2.75) is 0 Å². The number of hydrogen-bond acceptors (Lipinski definition) is 2. The first-order valence-electron chi connectivity index (χ1n) is 9.73. The van der Waals surface area contributed by atoms with Gasteiger partial charge in [-0.15, -0.1) is 0 Å². The normalized spacial score (nSPS) is 11.2. The van der Waals surface area contributed by atoms with Gasteiger partial charge in [-0.3, -0.25) is 9.59 Å². The number of halogens is 1. The lowest BCUT2D eigenvalue weighted by molar-refractivity contribution is -0.113. The van der Waals surface area contributed by atoms with Gasteiger partial charge < -0.3 is 10.6 Å². The molecule has 4 nitrogen and oxygen atoms in total. The quantitative estimate of drug-likeness (QED) is 0.390. The zero-order chi connectivity index (χ0) is 21.6. The Kier molecular flexibility index (Phi) is 6.11. The maximum atomic E-state index is 13.1. The van der Waals surface area contributed by atoms with Crippen LogP contribution >= 0.6 is 11.6 Å². The van der Waals surface area contributed by atoms with Crippen molar-refractivity contribution in [3.05, 3.63) is 119 Å². The number of benzene rings is 4. The molecule has 2 amide bonds. The van der Waals surface area contributed by atoms with Crippen LogP contribution in [0, 0.1) is 0 Å². The Labute approximate surface area is 185 Å². The number of hydrogen-bond donors (Lipinski definition) is 2. The molecule has 2 N–H and O–H groups in total. The molecule has 0 saturated carbocycles. The van der Waals surface area contributed by atoms with Crippen LogP contribution in [0.3, 0.4) is 0 Å². The minimum absolute atomic E-state index is 0.139. The van der Waals surface area contributed by atoms with E-state index in [2.05, 4.69) is 10.6 Å². The van der Waals surface area contributed by atoms with E-state index in [1.54, 1.807) is 54.6 Å². The number of carbonyl (C=O) groups is 2. The van der Waals surface area contributed by atoms with E-state index in [1.165, 1.54) is 0 Å². The lowest BCUT2D eigenvalue weighted by atomic mass is 10.0. The van der Waals surface area contributed by atoms with Crippen LogP contribution < -0.4 is 10.6 Å². The third-order valence-electron chi connectivity index (χ3n) is 4.75. The monoisotopic (exact) mass is 426 g/mol. The largest absolute Gasteiger partial charge is 0.321 e. The predicted molar refractivity (Wildman–Crippen MR) is 126 cm³/mol. The van der Waals surface area contributed by atoms with Gasteiger partial charge >= 0.3 is 0 Å². The van der Waals surface area contributed by atoms with E-state index in [0.29, 0.717) is 16.3 Å². The molecular weight excluding hydrogens is 408 g/mol. The first-order valence-corrected chi connectivity index (χ1v) is 10.1. The molecule has 0 saturated heterocycles. The van der Waals surface area contributed by atoms with E-state index in [1.807, 2.05) is 48.5 Å². The fourth-order valence-electron chi connectivity index (χ4n) is 3.21. The Bertz CT molecular complexity index is 1260. The standard InChI is InChI=1S/C26H19ClN2O2/c27-21-13-15-22(16-14-21)28-26(31)24(29-25(30)19-8-2-1-3-9-19)17-20-11-6-10-18-7-4-5-12-23(18)20/h1-17H,(H,28,31)(H,29,30)/b24-17-. The summed E-state index contributed by atoms with van der Waals surface area (Å²) in [6, 6.07) is 29.3. The Morgan fingerprint density at radius 3 is 2.19 bits per heavy atom. The molecule has 0 aromatic heterocycles. The topological polar surface area (TPSA) is 58.2 Å². The zero-order valence-electron chi connectivity index (χ0n) is 16.5. The Morgan fingerprint density at radius 1 is 0.742 bits per heavy atom. The molecule has 0 unspecified atom stereocenters. The third-order valence-corrected chi connectivity index (χ3v) is 5.01. The highest BCUT2D eigenvalue weighted by Crippen LogP contribution is 2.21. The van der Waals surface area contributed by atoms with Crippen LogP contribution in [0.2, 0.25) is 5.02 Å². The molecule has 0 atom stereocenters. The maximum absolute atomic E-state index is 13.1. The van der Waals surface area contributed by atoms with Crippen LogP contribution in [0.4, 0.5) is 5.69 Å². The van der Waals surface area contributed by atoms with Gasteiger partial charge in [0.25, 0.3) is 11.8 Å². The van der Waals surface area contributed by atoms with Crippen molar-refractivity contribution in [2.24, 2.45) is 0 Å². The summed E-state index contributed by atoms with van der Waals surface area (Å²) >= 11 is 5.93. The van der Waals surface area contributed by atoms with Gasteiger partial charge in [0.05, 0.1) is 0 Å². The highest BCUT2D eigenvalue weighted by atomic mass is 35.5. The van der Waals surface area contributed by atoms with Gasteiger partial charge in [0.1, 0.15) is 5.70 Å². The van der Waals surface area contributed by atoms with Gasteiger partial charge in [0, 0.05) is 16.3 Å². The highest BCUT2D eigenvalue weighted by molar-refractivity contribution is 6.30. The molecule has 31 heavy (non-hydrogen) atoms. The SMILES string of the molecule is O=C(Nc1ccc(Cl)cc1)/C(=C/c1cccc2ccccc12)NC(=O)c1ccccc1. The summed E-state index contributed by atoms with van der Waals surface area (Å²) < 4.78 is 0.